The van der Waals surface area contributed by atoms with Crippen molar-refractivity contribution < 1.29 is 4.42 Å². The van der Waals surface area contributed by atoms with E-state index in [1.807, 2.05) is 25.1 Å². The summed E-state index contributed by atoms with van der Waals surface area (Å²) in [5.74, 6) is 6.65. The molecule has 1 heterocycles. The van der Waals surface area contributed by atoms with E-state index in [1.165, 1.54) is 10.8 Å². The highest BCUT2D eigenvalue weighted by Crippen LogP contribution is 2.30. The number of aryl methyl sites for hydroxylation is 1. The van der Waals surface area contributed by atoms with Crippen LogP contribution in [0.25, 0.3) is 10.8 Å². The van der Waals surface area contributed by atoms with Gasteiger partial charge in [0.15, 0.2) is 0 Å². The van der Waals surface area contributed by atoms with Gasteiger partial charge in [-0.05, 0) is 29.3 Å². The molecule has 0 saturated carbocycles. The van der Waals surface area contributed by atoms with E-state index in [4.69, 9.17) is 10.3 Å². The summed E-state index contributed by atoms with van der Waals surface area (Å²) in [6.07, 6.45) is 1.69. The Morgan fingerprint density at radius 3 is 2.53 bits per heavy atom. The maximum Gasteiger partial charge on any atom is 0.105 e. The minimum Gasteiger partial charge on any atom is -0.469 e. The topological polar surface area (TPSA) is 51.2 Å². The summed E-state index contributed by atoms with van der Waals surface area (Å²) in [6.45, 7) is 1.95. The molecule has 3 nitrogen and oxygen atoms in total. The van der Waals surface area contributed by atoms with Crippen LogP contribution < -0.4 is 11.3 Å². The van der Waals surface area contributed by atoms with Crippen LogP contribution in [0.2, 0.25) is 0 Å². The summed E-state index contributed by atoms with van der Waals surface area (Å²) in [5, 5.41) is 2.41. The molecule has 0 aliphatic carbocycles. The van der Waals surface area contributed by atoms with E-state index in [1.54, 1.807) is 6.26 Å². The van der Waals surface area contributed by atoms with Crippen molar-refractivity contribution in [2.75, 3.05) is 0 Å². The van der Waals surface area contributed by atoms with Crippen LogP contribution in [-0.4, -0.2) is 0 Å². The molecule has 1 atom stereocenters. The van der Waals surface area contributed by atoms with Crippen LogP contribution in [0.3, 0.4) is 0 Å². The first-order valence-electron chi connectivity index (χ1n) is 6.29. The van der Waals surface area contributed by atoms with Crippen molar-refractivity contribution in [1.29, 1.82) is 0 Å². The van der Waals surface area contributed by atoms with Crippen LogP contribution in [0, 0.1) is 6.92 Å². The average molecular weight is 252 g/mol. The van der Waals surface area contributed by atoms with Crippen LogP contribution in [0.1, 0.15) is 22.9 Å². The maximum atomic E-state index is 5.76. The Balaban J connectivity index is 2.20. The van der Waals surface area contributed by atoms with Gasteiger partial charge in [0.25, 0.3) is 0 Å². The predicted octanol–water partition coefficient (Wildman–Crippen LogP) is 3.29. The molecule has 3 heteroatoms. The average Bonchev–Trinajstić information content (AvgIpc) is 2.86. The third-order valence-corrected chi connectivity index (χ3v) is 3.51. The summed E-state index contributed by atoms with van der Waals surface area (Å²) in [5.41, 5.74) is 5.12. The molecular formula is C16H16N2O. The molecule has 3 rings (SSSR count). The van der Waals surface area contributed by atoms with Gasteiger partial charge in [-0.2, -0.15) is 0 Å². The molecule has 0 radical (unpaired) electrons. The van der Waals surface area contributed by atoms with E-state index in [-0.39, 0.29) is 6.04 Å². The molecule has 96 valence electrons. The zero-order valence-electron chi connectivity index (χ0n) is 10.8. The number of benzene rings is 2. The monoisotopic (exact) mass is 252 g/mol. The highest BCUT2D eigenvalue weighted by molar-refractivity contribution is 5.86. The van der Waals surface area contributed by atoms with Gasteiger partial charge in [-0.15, -0.1) is 0 Å². The highest BCUT2D eigenvalue weighted by atomic mass is 16.3. The van der Waals surface area contributed by atoms with E-state index >= 15 is 0 Å². The van der Waals surface area contributed by atoms with Crippen molar-refractivity contribution in [2.24, 2.45) is 5.84 Å². The Morgan fingerprint density at radius 2 is 1.79 bits per heavy atom. The second kappa shape index (κ2) is 4.88. The number of hydrazine groups is 1. The van der Waals surface area contributed by atoms with Gasteiger partial charge in [-0.25, -0.2) is 5.43 Å². The second-order valence-corrected chi connectivity index (χ2v) is 4.60. The first kappa shape index (κ1) is 12.0. The van der Waals surface area contributed by atoms with E-state index in [9.17, 15) is 0 Å². The summed E-state index contributed by atoms with van der Waals surface area (Å²) >= 11 is 0. The molecule has 0 fully saturated rings. The van der Waals surface area contributed by atoms with Crippen molar-refractivity contribution in [1.82, 2.24) is 5.43 Å². The van der Waals surface area contributed by atoms with E-state index < -0.39 is 0 Å². The maximum absolute atomic E-state index is 5.76. The molecule has 1 aromatic heterocycles. The van der Waals surface area contributed by atoms with E-state index in [0.29, 0.717) is 0 Å². The number of furan rings is 1. The van der Waals surface area contributed by atoms with Crippen LogP contribution in [0.5, 0.6) is 0 Å². The SMILES string of the molecule is Cc1occc1C(NN)c1cccc2ccccc12. The summed E-state index contributed by atoms with van der Waals surface area (Å²) in [7, 11) is 0. The second-order valence-electron chi connectivity index (χ2n) is 4.60. The predicted molar refractivity (Wildman–Crippen MR) is 76.6 cm³/mol. The fourth-order valence-corrected chi connectivity index (χ4v) is 2.54. The van der Waals surface area contributed by atoms with Gasteiger partial charge in [-0.1, -0.05) is 42.5 Å². The Hall–Kier alpha value is -2.10. The molecule has 2 aromatic carbocycles. The third kappa shape index (κ3) is 2.03. The van der Waals surface area contributed by atoms with Crippen molar-refractivity contribution >= 4 is 10.8 Å². The molecule has 0 spiro atoms. The van der Waals surface area contributed by atoms with Gasteiger partial charge in [0.2, 0.25) is 0 Å². The Bertz CT molecular complexity index is 697. The largest absolute Gasteiger partial charge is 0.469 e. The summed E-state index contributed by atoms with van der Waals surface area (Å²) in [6, 6.07) is 16.5. The number of rotatable bonds is 3. The Labute approximate surface area is 112 Å². The number of nitrogens with one attached hydrogen (secondary N) is 1. The Morgan fingerprint density at radius 1 is 1.00 bits per heavy atom. The fraction of sp³-hybridized carbons (Fsp3) is 0.125. The highest BCUT2D eigenvalue weighted by Gasteiger charge is 2.18. The lowest BCUT2D eigenvalue weighted by molar-refractivity contribution is 0.520. The first-order chi connectivity index (χ1) is 9.31. The third-order valence-electron chi connectivity index (χ3n) is 3.51. The standard InChI is InChI=1S/C16H16N2O/c1-11-13(9-10-19-11)16(18-17)15-8-4-6-12-5-2-3-7-14(12)15/h2-10,16,18H,17H2,1H3. The van der Waals surface area contributed by atoms with Crippen LogP contribution in [0.4, 0.5) is 0 Å². The lowest BCUT2D eigenvalue weighted by Gasteiger charge is -2.18. The van der Waals surface area contributed by atoms with Crippen molar-refractivity contribution in [3.05, 3.63) is 71.7 Å². The molecule has 0 saturated heterocycles. The lowest BCUT2D eigenvalue weighted by atomic mass is 9.94. The number of hydrogen-bond acceptors (Lipinski definition) is 3. The van der Waals surface area contributed by atoms with Crippen molar-refractivity contribution in [2.45, 2.75) is 13.0 Å². The van der Waals surface area contributed by atoms with Gasteiger partial charge in [0, 0.05) is 5.56 Å². The van der Waals surface area contributed by atoms with Gasteiger partial charge in [-0.3, -0.25) is 5.84 Å². The van der Waals surface area contributed by atoms with Gasteiger partial charge >= 0.3 is 0 Å². The minimum absolute atomic E-state index is 0.0650. The number of fused-ring (bicyclic) bond motifs is 1. The normalized spacial score (nSPS) is 12.7. The number of hydrogen-bond donors (Lipinski definition) is 2. The molecule has 0 amide bonds. The molecule has 0 bridgehead atoms. The molecule has 3 N–H and O–H groups in total. The quantitative estimate of drug-likeness (QED) is 0.555. The molecule has 1 unspecified atom stereocenters. The van der Waals surface area contributed by atoms with Crippen LogP contribution >= 0.6 is 0 Å². The molecule has 0 aliphatic rings. The van der Waals surface area contributed by atoms with Crippen molar-refractivity contribution in [3.63, 3.8) is 0 Å². The van der Waals surface area contributed by atoms with Crippen LogP contribution in [-0.2, 0) is 0 Å². The first-order valence-corrected chi connectivity index (χ1v) is 6.29. The lowest BCUT2D eigenvalue weighted by Crippen LogP contribution is -2.29. The fourth-order valence-electron chi connectivity index (χ4n) is 2.54. The molecule has 19 heavy (non-hydrogen) atoms. The Kier molecular flexibility index (Phi) is 3.07. The molecule has 0 aliphatic heterocycles. The minimum atomic E-state index is -0.0650. The summed E-state index contributed by atoms with van der Waals surface area (Å²) in [4.78, 5) is 0. The van der Waals surface area contributed by atoms with Gasteiger partial charge in [0.05, 0.1) is 12.3 Å². The summed E-state index contributed by atoms with van der Waals surface area (Å²) < 4.78 is 5.39. The molecular weight excluding hydrogens is 236 g/mol. The van der Waals surface area contributed by atoms with E-state index in [2.05, 4.69) is 35.8 Å². The zero-order valence-corrected chi connectivity index (χ0v) is 10.8. The number of nitrogens with two attached hydrogens (primary N) is 1. The van der Waals surface area contributed by atoms with Crippen LogP contribution in [0.15, 0.2) is 59.2 Å². The van der Waals surface area contributed by atoms with E-state index in [0.717, 1.165) is 16.9 Å². The van der Waals surface area contributed by atoms with Gasteiger partial charge in [0.1, 0.15) is 5.76 Å². The smallest absolute Gasteiger partial charge is 0.105 e. The molecule has 3 aromatic rings. The van der Waals surface area contributed by atoms with Crippen molar-refractivity contribution in [3.8, 4) is 0 Å². The van der Waals surface area contributed by atoms with Gasteiger partial charge < -0.3 is 4.42 Å². The zero-order chi connectivity index (χ0) is 13.2.